The SMILES string of the molecule is COc1cc(-n2ccc3nc(-c4ccc(C(F)(F)F)cc4)sc3c2=O)ccc1OC1CN(C2CCC2)C1. The highest BCUT2D eigenvalue weighted by atomic mass is 32.1. The normalized spacial score (nSPS) is 17.0. The van der Waals surface area contributed by atoms with Crippen LogP contribution in [-0.4, -0.2) is 46.8 Å². The molecule has 3 heterocycles. The number of ether oxygens (including phenoxy) is 2. The number of rotatable bonds is 6. The van der Waals surface area contributed by atoms with Crippen LogP contribution in [0.5, 0.6) is 11.5 Å². The number of fused-ring (bicyclic) bond motifs is 1. The van der Waals surface area contributed by atoms with Crippen molar-refractivity contribution in [3.05, 3.63) is 70.6 Å². The molecule has 2 fully saturated rings. The Bertz CT molecular complexity index is 1500. The number of likely N-dealkylation sites (tertiary alicyclic amines) is 1. The molecular weight excluding hydrogens is 503 g/mol. The predicted octanol–water partition coefficient (Wildman–Crippen LogP) is 5.76. The van der Waals surface area contributed by atoms with Crippen molar-refractivity contribution >= 4 is 21.6 Å². The van der Waals surface area contributed by atoms with Gasteiger partial charge in [-0.1, -0.05) is 18.6 Å². The second-order valence-electron chi connectivity index (χ2n) is 9.41. The molecule has 0 amide bonds. The zero-order chi connectivity index (χ0) is 25.7. The summed E-state index contributed by atoms with van der Waals surface area (Å²) in [5.74, 6) is 1.18. The zero-order valence-corrected chi connectivity index (χ0v) is 20.8. The molecule has 1 saturated heterocycles. The van der Waals surface area contributed by atoms with Gasteiger partial charge in [0.2, 0.25) is 0 Å². The van der Waals surface area contributed by atoms with Gasteiger partial charge in [-0.05, 0) is 43.2 Å². The molecule has 1 aliphatic heterocycles. The van der Waals surface area contributed by atoms with Crippen molar-refractivity contribution in [3.63, 3.8) is 0 Å². The average Bonchev–Trinajstić information content (AvgIpc) is 3.27. The second kappa shape index (κ2) is 9.18. The Hall–Kier alpha value is -3.37. The minimum Gasteiger partial charge on any atom is -0.493 e. The maximum absolute atomic E-state index is 13.3. The minimum atomic E-state index is -4.41. The van der Waals surface area contributed by atoms with Gasteiger partial charge in [0.05, 0.1) is 23.9 Å². The molecule has 0 bridgehead atoms. The number of pyridine rings is 1. The molecule has 1 saturated carbocycles. The fourth-order valence-corrected chi connectivity index (χ4v) is 5.72. The first-order chi connectivity index (χ1) is 17.8. The molecule has 0 unspecified atom stereocenters. The zero-order valence-electron chi connectivity index (χ0n) is 20.0. The van der Waals surface area contributed by atoms with Crippen LogP contribution >= 0.6 is 11.3 Å². The summed E-state index contributed by atoms with van der Waals surface area (Å²) in [5, 5.41) is 0.483. The first kappa shape index (κ1) is 24.0. The monoisotopic (exact) mass is 527 g/mol. The van der Waals surface area contributed by atoms with E-state index in [0.29, 0.717) is 44.0 Å². The van der Waals surface area contributed by atoms with Crippen molar-refractivity contribution in [1.82, 2.24) is 14.5 Å². The maximum atomic E-state index is 13.3. The lowest BCUT2D eigenvalue weighted by Crippen LogP contribution is -2.59. The third-order valence-electron chi connectivity index (χ3n) is 7.09. The highest BCUT2D eigenvalue weighted by Crippen LogP contribution is 2.35. The van der Waals surface area contributed by atoms with Crippen molar-refractivity contribution in [2.75, 3.05) is 20.2 Å². The Morgan fingerprint density at radius 1 is 1.03 bits per heavy atom. The van der Waals surface area contributed by atoms with E-state index in [1.807, 2.05) is 12.1 Å². The highest BCUT2D eigenvalue weighted by molar-refractivity contribution is 7.21. The minimum absolute atomic E-state index is 0.125. The van der Waals surface area contributed by atoms with E-state index in [4.69, 9.17) is 9.47 Å². The topological polar surface area (TPSA) is 56.6 Å². The van der Waals surface area contributed by atoms with Crippen molar-refractivity contribution in [2.45, 2.75) is 37.6 Å². The van der Waals surface area contributed by atoms with Gasteiger partial charge in [-0.3, -0.25) is 14.3 Å². The van der Waals surface area contributed by atoms with Gasteiger partial charge >= 0.3 is 6.18 Å². The molecule has 2 aliphatic rings. The Balaban J connectivity index is 1.24. The number of benzene rings is 2. The molecule has 2 aromatic heterocycles. The van der Waals surface area contributed by atoms with E-state index < -0.39 is 11.7 Å². The molecule has 0 N–H and O–H groups in total. The van der Waals surface area contributed by atoms with Gasteiger partial charge in [-0.25, -0.2) is 4.98 Å². The van der Waals surface area contributed by atoms with Crippen molar-refractivity contribution < 1.29 is 22.6 Å². The van der Waals surface area contributed by atoms with Crippen molar-refractivity contribution in [2.24, 2.45) is 0 Å². The highest BCUT2D eigenvalue weighted by Gasteiger charge is 2.36. The smallest absolute Gasteiger partial charge is 0.416 e. The van der Waals surface area contributed by atoms with Crippen LogP contribution in [0, 0.1) is 0 Å². The Kier molecular flexibility index (Phi) is 5.95. The fourth-order valence-electron chi connectivity index (χ4n) is 4.73. The van der Waals surface area contributed by atoms with E-state index in [-0.39, 0.29) is 11.7 Å². The van der Waals surface area contributed by atoms with Gasteiger partial charge in [0, 0.05) is 37.0 Å². The summed E-state index contributed by atoms with van der Waals surface area (Å²) in [6.07, 6.45) is 1.21. The van der Waals surface area contributed by atoms with E-state index in [2.05, 4.69) is 9.88 Å². The van der Waals surface area contributed by atoms with Crippen LogP contribution in [0.4, 0.5) is 13.2 Å². The summed E-state index contributed by atoms with van der Waals surface area (Å²) in [6.45, 7) is 1.83. The van der Waals surface area contributed by atoms with Crippen LogP contribution in [0.25, 0.3) is 26.5 Å². The summed E-state index contributed by atoms with van der Waals surface area (Å²) in [7, 11) is 1.57. The van der Waals surface area contributed by atoms with Crippen LogP contribution < -0.4 is 15.0 Å². The summed E-state index contributed by atoms with van der Waals surface area (Å²) < 4.78 is 52.3. The molecule has 0 radical (unpaired) electrons. The number of methoxy groups -OCH3 is 1. The van der Waals surface area contributed by atoms with E-state index in [0.717, 1.165) is 36.6 Å². The summed E-state index contributed by atoms with van der Waals surface area (Å²) in [4.78, 5) is 20.2. The predicted molar refractivity (Wildman–Crippen MR) is 136 cm³/mol. The average molecular weight is 528 g/mol. The van der Waals surface area contributed by atoms with Crippen LogP contribution in [0.1, 0.15) is 24.8 Å². The Morgan fingerprint density at radius 2 is 1.78 bits per heavy atom. The molecule has 0 atom stereocenters. The molecule has 37 heavy (non-hydrogen) atoms. The second-order valence-corrected chi connectivity index (χ2v) is 10.4. The van der Waals surface area contributed by atoms with E-state index >= 15 is 0 Å². The lowest BCUT2D eigenvalue weighted by atomic mass is 9.89. The van der Waals surface area contributed by atoms with Gasteiger partial charge in [0.1, 0.15) is 15.8 Å². The van der Waals surface area contributed by atoms with Crippen LogP contribution in [-0.2, 0) is 6.18 Å². The Morgan fingerprint density at radius 3 is 2.43 bits per heavy atom. The summed E-state index contributed by atoms with van der Waals surface area (Å²) >= 11 is 1.15. The number of hydrogen-bond acceptors (Lipinski definition) is 6. The van der Waals surface area contributed by atoms with Crippen molar-refractivity contribution in [3.8, 4) is 27.8 Å². The first-order valence-electron chi connectivity index (χ1n) is 12.1. The largest absolute Gasteiger partial charge is 0.493 e. The number of aromatic nitrogens is 2. The molecule has 0 spiro atoms. The number of alkyl halides is 3. The third kappa shape index (κ3) is 4.48. The summed E-state index contributed by atoms with van der Waals surface area (Å²) in [6, 6.07) is 12.6. The lowest BCUT2D eigenvalue weighted by molar-refractivity contribution is -0.137. The van der Waals surface area contributed by atoms with Gasteiger partial charge in [0.15, 0.2) is 11.5 Å². The van der Waals surface area contributed by atoms with Gasteiger partial charge < -0.3 is 9.47 Å². The van der Waals surface area contributed by atoms with Gasteiger partial charge in [-0.15, -0.1) is 11.3 Å². The van der Waals surface area contributed by atoms with Gasteiger partial charge in [0.25, 0.3) is 5.56 Å². The molecular formula is C27H24F3N3O3S. The van der Waals surface area contributed by atoms with Gasteiger partial charge in [-0.2, -0.15) is 13.2 Å². The van der Waals surface area contributed by atoms with E-state index in [9.17, 15) is 18.0 Å². The van der Waals surface area contributed by atoms with E-state index in [1.165, 1.54) is 36.0 Å². The third-order valence-corrected chi connectivity index (χ3v) is 8.20. The molecule has 192 valence electrons. The maximum Gasteiger partial charge on any atom is 0.416 e. The fraction of sp³-hybridized carbons (Fsp3) is 0.333. The lowest BCUT2D eigenvalue weighted by Gasteiger charge is -2.47. The van der Waals surface area contributed by atoms with Crippen LogP contribution in [0.2, 0.25) is 0 Å². The Labute approximate surface area is 214 Å². The molecule has 6 nitrogen and oxygen atoms in total. The standard InChI is InChI=1S/C27H24F3N3O3S/c1-35-23-13-19(9-10-22(23)36-20-14-32(15-20)18-3-2-4-18)33-12-11-21-24(26(33)34)37-25(31-21)16-5-7-17(8-6-16)27(28,29)30/h5-13,18,20H,2-4,14-15H2,1H3. The van der Waals surface area contributed by atoms with Crippen LogP contribution in [0.3, 0.4) is 0 Å². The molecule has 1 aliphatic carbocycles. The van der Waals surface area contributed by atoms with E-state index in [1.54, 1.807) is 25.4 Å². The molecule has 10 heteroatoms. The van der Waals surface area contributed by atoms with Crippen molar-refractivity contribution in [1.29, 1.82) is 0 Å². The number of hydrogen-bond donors (Lipinski definition) is 0. The number of thiazole rings is 1. The number of nitrogens with zero attached hydrogens (tertiary/aromatic N) is 3. The molecule has 4 aromatic rings. The number of halogens is 3. The molecule has 2 aromatic carbocycles. The first-order valence-corrected chi connectivity index (χ1v) is 12.9. The molecule has 6 rings (SSSR count). The quantitative estimate of drug-likeness (QED) is 0.319. The summed E-state index contributed by atoms with van der Waals surface area (Å²) in [5.41, 5.74) is 0.641. The van der Waals surface area contributed by atoms with Crippen LogP contribution in [0.15, 0.2) is 59.5 Å².